The summed E-state index contributed by atoms with van der Waals surface area (Å²) in [6.07, 6.45) is 0.214. The lowest BCUT2D eigenvalue weighted by atomic mass is 10.1. The van der Waals surface area contributed by atoms with Gasteiger partial charge in [-0.1, -0.05) is 6.07 Å². The summed E-state index contributed by atoms with van der Waals surface area (Å²) in [5.74, 6) is 1.09. The molecule has 1 aromatic carbocycles. The van der Waals surface area contributed by atoms with E-state index in [1.807, 2.05) is 6.07 Å². The second-order valence-electron chi connectivity index (χ2n) is 5.75. The predicted molar refractivity (Wildman–Crippen MR) is 97.6 cm³/mol. The van der Waals surface area contributed by atoms with Crippen LogP contribution >= 0.6 is 12.4 Å². The van der Waals surface area contributed by atoms with Gasteiger partial charge in [0.05, 0.1) is 27.2 Å². The molecule has 1 N–H and O–H groups in total. The maximum absolute atomic E-state index is 12.4. The van der Waals surface area contributed by atoms with E-state index in [1.165, 1.54) is 4.90 Å². The fourth-order valence-electron chi connectivity index (χ4n) is 2.61. The van der Waals surface area contributed by atoms with Crippen molar-refractivity contribution in [3.63, 3.8) is 0 Å². The molecule has 1 aliphatic rings. The number of methoxy groups -OCH3 is 2. The van der Waals surface area contributed by atoms with Crippen LogP contribution in [0, 0.1) is 0 Å². The standard InChI is InChI=1S/C17H25N3O4.ClH/c1-19(12-17(22)20-8-6-18-7-9-20)16(21)11-13-4-5-14(23-2)15(10-13)24-3;/h4-5,10,18H,6-9,11-12H2,1-3H3;1H. The van der Waals surface area contributed by atoms with Gasteiger partial charge in [-0.25, -0.2) is 0 Å². The number of benzene rings is 1. The second kappa shape index (κ2) is 10.1. The third-order valence-corrected chi connectivity index (χ3v) is 4.07. The number of amides is 2. The second-order valence-corrected chi connectivity index (χ2v) is 5.75. The molecule has 1 heterocycles. The number of ether oxygens (including phenoxy) is 2. The minimum absolute atomic E-state index is 0. The van der Waals surface area contributed by atoms with E-state index in [4.69, 9.17) is 9.47 Å². The molecule has 1 saturated heterocycles. The van der Waals surface area contributed by atoms with Gasteiger partial charge in [-0.2, -0.15) is 0 Å². The molecule has 0 unspecified atom stereocenters. The number of likely N-dealkylation sites (N-methyl/N-ethyl adjacent to an activating group) is 1. The average molecular weight is 372 g/mol. The summed E-state index contributed by atoms with van der Waals surface area (Å²) >= 11 is 0. The zero-order valence-electron chi connectivity index (χ0n) is 14.9. The average Bonchev–Trinajstić information content (AvgIpc) is 2.62. The fraction of sp³-hybridized carbons (Fsp3) is 0.529. The van der Waals surface area contributed by atoms with Crippen molar-refractivity contribution in [2.24, 2.45) is 0 Å². The molecule has 0 saturated carbocycles. The van der Waals surface area contributed by atoms with E-state index < -0.39 is 0 Å². The van der Waals surface area contributed by atoms with Crippen molar-refractivity contribution in [3.05, 3.63) is 23.8 Å². The first-order valence-electron chi connectivity index (χ1n) is 7.98. The summed E-state index contributed by atoms with van der Waals surface area (Å²) < 4.78 is 10.4. The molecule has 140 valence electrons. The lowest BCUT2D eigenvalue weighted by Gasteiger charge is -2.29. The third-order valence-electron chi connectivity index (χ3n) is 4.07. The Hall–Kier alpha value is -1.99. The van der Waals surface area contributed by atoms with Gasteiger partial charge in [-0.3, -0.25) is 9.59 Å². The molecular weight excluding hydrogens is 346 g/mol. The highest BCUT2D eigenvalue weighted by atomic mass is 35.5. The Morgan fingerprint density at radius 1 is 1.16 bits per heavy atom. The highest BCUT2D eigenvalue weighted by Crippen LogP contribution is 2.27. The van der Waals surface area contributed by atoms with Crippen LogP contribution in [0.2, 0.25) is 0 Å². The highest BCUT2D eigenvalue weighted by Gasteiger charge is 2.20. The van der Waals surface area contributed by atoms with Crippen LogP contribution < -0.4 is 14.8 Å². The number of hydrogen-bond acceptors (Lipinski definition) is 5. The van der Waals surface area contributed by atoms with Crippen molar-refractivity contribution in [1.29, 1.82) is 0 Å². The van der Waals surface area contributed by atoms with Crippen LogP contribution in [-0.4, -0.2) is 75.6 Å². The molecule has 1 fully saturated rings. The summed E-state index contributed by atoms with van der Waals surface area (Å²) in [6, 6.07) is 5.38. The van der Waals surface area contributed by atoms with Crippen LogP contribution in [0.5, 0.6) is 11.5 Å². The van der Waals surface area contributed by atoms with Crippen LogP contribution in [0.1, 0.15) is 5.56 Å². The largest absolute Gasteiger partial charge is 0.493 e. The molecule has 0 aliphatic carbocycles. The Kier molecular flexibility index (Phi) is 8.51. The number of hydrogen-bond donors (Lipinski definition) is 1. The molecule has 1 aromatic rings. The maximum atomic E-state index is 12.4. The summed E-state index contributed by atoms with van der Waals surface area (Å²) in [4.78, 5) is 27.8. The molecule has 8 heteroatoms. The van der Waals surface area contributed by atoms with Gasteiger partial charge >= 0.3 is 0 Å². The minimum atomic E-state index is -0.106. The first-order valence-corrected chi connectivity index (χ1v) is 7.98. The van der Waals surface area contributed by atoms with Crippen LogP contribution in [0.15, 0.2) is 18.2 Å². The van der Waals surface area contributed by atoms with Crippen LogP contribution in [0.4, 0.5) is 0 Å². The van der Waals surface area contributed by atoms with Crippen LogP contribution in [-0.2, 0) is 16.0 Å². The van der Waals surface area contributed by atoms with Crippen molar-refractivity contribution < 1.29 is 19.1 Å². The Labute approximate surface area is 154 Å². The van der Waals surface area contributed by atoms with Gasteiger partial charge < -0.3 is 24.6 Å². The number of carbonyl (C=O) groups excluding carboxylic acids is 2. The number of piperazine rings is 1. The molecule has 0 radical (unpaired) electrons. The molecule has 25 heavy (non-hydrogen) atoms. The molecule has 0 bridgehead atoms. The Balaban J connectivity index is 0.00000312. The molecule has 2 amide bonds. The molecule has 7 nitrogen and oxygen atoms in total. The fourth-order valence-corrected chi connectivity index (χ4v) is 2.61. The van der Waals surface area contributed by atoms with E-state index in [0.717, 1.165) is 18.7 Å². The van der Waals surface area contributed by atoms with Gasteiger partial charge in [-0.15, -0.1) is 12.4 Å². The van der Waals surface area contributed by atoms with E-state index in [0.29, 0.717) is 24.6 Å². The monoisotopic (exact) mass is 371 g/mol. The van der Waals surface area contributed by atoms with Crippen LogP contribution in [0.25, 0.3) is 0 Å². The molecular formula is C17H26ClN3O4. The lowest BCUT2D eigenvalue weighted by molar-refractivity contribution is -0.139. The first kappa shape index (κ1) is 21.1. The van der Waals surface area contributed by atoms with Crippen molar-refractivity contribution in [1.82, 2.24) is 15.1 Å². The van der Waals surface area contributed by atoms with E-state index in [-0.39, 0.29) is 37.2 Å². The molecule has 0 spiro atoms. The van der Waals surface area contributed by atoms with Gasteiger partial charge in [0.1, 0.15) is 0 Å². The molecule has 0 atom stereocenters. The normalized spacial score (nSPS) is 13.6. The first-order chi connectivity index (χ1) is 11.5. The Morgan fingerprint density at radius 2 is 1.80 bits per heavy atom. The zero-order valence-corrected chi connectivity index (χ0v) is 15.7. The Bertz CT molecular complexity index is 591. The number of nitrogens with one attached hydrogen (secondary N) is 1. The summed E-state index contributed by atoms with van der Waals surface area (Å²) in [6.45, 7) is 3.09. The SMILES string of the molecule is COc1ccc(CC(=O)N(C)CC(=O)N2CCNCC2)cc1OC.Cl. The smallest absolute Gasteiger partial charge is 0.242 e. The maximum Gasteiger partial charge on any atom is 0.242 e. The number of rotatable bonds is 6. The molecule has 1 aliphatic heterocycles. The number of nitrogens with zero attached hydrogens (tertiary/aromatic N) is 2. The Morgan fingerprint density at radius 3 is 2.40 bits per heavy atom. The number of carbonyl (C=O) groups is 2. The van der Waals surface area contributed by atoms with Crippen molar-refractivity contribution >= 4 is 24.2 Å². The van der Waals surface area contributed by atoms with Gasteiger partial charge in [0.2, 0.25) is 11.8 Å². The van der Waals surface area contributed by atoms with Crippen molar-refractivity contribution in [2.45, 2.75) is 6.42 Å². The predicted octanol–water partition coefficient (Wildman–Crippen LogP) is 0.558. The quantitative estimate of drug-likeness (QED) is 0.791. The molecule has 0 aromatic heterocycles. The molecule has 2 rings (SSSR count). The summed E-state index contributed by atoms with van der Waals surface area (Å²) in [5.41, 5.74) is 0.819. The van der Waals surface area contributed by atoms with Crippen molar-refractivity contribution in [2.75, 3.05) is 54.0 Å². The minimum Gasteiger partial charge on any atom is -0.493 e. The van der Waals surface area contributed by atoms with E-state index in [1.54, 1.807) is 38.3 Å². The summed E-state index contributed by atoms with van der Waals surface area (Å²) in [7, 11) is 4.78. The van der Waals surface area contributed by atoms with E-state index in [2.05, 4.69) is 5.32 Å². The summed E-state index contributed by atoms with van der Waals surface area (Å²) in [5, 5.41) is 3.20. The topological polar surface area (TPSA) is 71.1 Å². The van der Waals surface area contributed by atoms with Gasteiger partial charge in [-0.05, 0) is 17.7 Å². The lowest BCUT2D eigenvalue weighted by Crippen LogP contribution is -2.49. The van der Waals surface area contributed by atoms with Crippen LogP contribution in [0.3, 0.4) is 0 Å². The van der Waals surface area contributed by atoms with Gasteiger partial charge in [0, 0.05) is 33.2 Å². The highest BCUT2D eigenvalue weighted by molar-refractivity contribution is 5.86. The van der Waals surface area contributed by atoms with Gasteiger partial charge in [0.15, 0.2) is 11.5 Å². The van der Waals surface area contributed by atoms with Gasteiger partial charge in [0.25, 0.3) is 0 Å². The van der Waals surface area contributed by atoms with E-state index >= 15 is 0 Å². The zero-order chi connectivity index (χ0) is 17.5. The van der Waals surface area contributed by atoms with E-state index in [9.17, 15) is 9.59 Å². The number of halogens is 1. The van der Waals surface area contributed by atoms with Crippen molar-refractivity contribution in [3.8, 4) is 11.5 Å². The third kappa shape index (κ3) is 5.79.